The number of halogens is 1. The Bertz CT molecular complexity index is 838. The minimum atomic E-state index is -3.56. The van der Waals surface area contributed by atoms with Crippen LogP contribution in [0.2, 0.25) is 0 Å². The van der Waals surface area contributed by atoms with Crippen molar-refractivity contribution in [1.82, 2.24) is 3.97 Å². The molecule has 0 radical (unpaired) electrons. The van der Waals surface area contributed by atoms with Gasteiger partial charge in [-0.2, -0.15) is 0 Å². The summed E-state index contributed by atoms with van der Waals surface area (Å²) in [5, 5.41) is 0.883. The van der Waals surface area contributed by atoms with Crippen molar-refractivity contribution >= 4 is 36.9 Å². The maximum atomic E-state index is 12.6. The maximum Gasteiger partial charge on any atom is 0.268 e. The lowest BCUT2D eigenvalue weighted by Gasteiger charge is -2.08. The second-order valence-electron chi connectivity index (χ2n) is 4.11. The lowest BCUT2D eigenvalue weighted by Crippen LogP contribution is -2.11. The Balaban J connectivity index is 2.31. The van der Waals surface area contributed by atoms with Gasteiger partial charge in [0.1, 0.15) is 0 Å². The molecule has 1 heterocycles. The summed E-state index contributed by atoms with van der Waals surface area (Å²) >= 11 is 3.41. The third kappa shape index (κ3) is 1.99. The van der Waals surface area contributed by atoms with E-state index in [9.17, 15) is 8.42 Å². The molecule has 5 heteroatoms. The van der Waals surface area contributed by atoms with Crippen molar-refractivity contribution in [2.24, 2.45) is 0 Å². The van der Waals surface area contributed by atoms with Crippen molar-refractivity contribution in [3.05, 3.63) is 65.3 Å². The summed E-state index contributed by atoms with van der Waals surface area (Å²) in [6.45, 7) is 0. The predicted molar refractivity (Wildman–Crippen MR) is 78.7 cm³/mol. The Labute approximate surface area is 119 Å². The van der Waals surface area contributed by atoms with Crippen LogP contribution in [0.15, 0.2) is 70.2 Å². The van der Waals surface area contributed by atoms with E-state index in [4.69, 9.17) is 0 Å². The van der Waals surface area contributed by atoms with Crippen LogP contribution in [-0.2, 0) is 10.0 Å². The molecule has 96 valence electrons. The van der Waals surface area contributed by atoms with Crippen LogP contribution in [0.25, 0.3) is 10.9 Å². The minimum absolute atomic E-state index is 0.281. The summed E-state index contributed by atoms with van der Waals surface area (Å²) in [4.78, 5) is 0.281. The number of hydrogen-bond acceptors (Lipinski definition) is 2. The van der Waals surface area contributed by atoms with E-state index in [0.717, 1.165) is 9.86 Å². The molecule has 0 spiro atoms. The molecule has 0 fully saturated rings. The van der Waals surface area contributed by atoms with E-state index in [1.54, 1.807) is 42.6 Å². The van der Waals surface area contributed by atoms with Crippen molar-refractivity contribution < 1.29 is 8.42 Å². The molecule has 3 nitrogen and oxygen atoms in total. The predicted octanol–water partition coefficient (Wildman–Crippen LogP) is 3.64. The molecule has 19 heavy (non-hydrogen) atoms. The Morgan fingerprint density at radius 2 is 1.63 bits per heavy atom. The molecule has 1 aromatic heterocycles. The molecule has 0 bridgehead atoms. The molecule has 0 unspecified atom stereocenters. The van der Waals surface area contributed by atoms with Gasteiger partial charge in [-0.15, -0.1) is 0 Å². The van der Waals surface area contributed by atoms with E-state index in [2.05, 4.69) is 15.9 Å². The highest BCUT2D eigenvalue weighted by Gasteiger charge is 2.19. The van der Waals surface area contributed by atoms with Gasteiger partial charge < -0.3 is 0 Å². The molecule has 0 N–H and O–H groups in total. The van der Waals surface area contributed by atoms with Crippen LogP contribution in [0.5, 0.6) is 0 Å². The smallest absolute Gasteiger partial charge is 0.240 e. The number of rotatable bonds is 2. The average Bonchev–Trinajstić information content (AvgIpc) is 2.86. The van der Waals surface area contributed by atoms with Gasteiger partial charge in [-0.25, -0.2) is 12.4 Å². The number of hydrogen-bond donors (Lipinski definition) is 0. The van der Waals surface area contributed by atoms with Gasteiger partial charge in [0.15, 0.2) is 0 Å². The fourth-order valence-corrected chi connectivity index (χ4v) is 4.11. The summed E-state index contributed by atoms with van der Waals surface area (Å²) in [7, 11) is -3.56. The zero-order chi connectivity index (χ0) is 13.5. The summed E-state index contributed by atoms with van der Waals surface area (Å²) < 4.78 is 27.3. The Morgan fingerprint density at radius 1 is 0.895 bits per heavy atom. The molecule has 0 saturated carbocycles. The number of para-hydroxylation sites is 1. The third-order valence-electron chi connectivity index (χ3n) is 2.93. The molecule has 0 aliphatic rings. The molecule has 3 aromatic rings. The van der Waals surface area contributed by atoms with Gasteiger partial charge in [0.05, 0.1) is 10.4 Å². The average molecular weight is 336 g/mol. The van der Waals surface area contributed by atoms with Gasteiger partial charge in [-0.05, 0) is 40.2 Å². The van der Waals surface area contributed by atoms with Crippen LogP contribution >= 0.6 is 15.9 Å². The Morgan fingerprint density at radius 3 is 2.37 bits per heavy atom. The van der Waals surface area contributed by atoms with Crippen molar-refractivity contribution in [3.63, 3.8) is 0 Å². The fraction of sp³-hybridized carbons (Fsp3) is 0. The van der Waals surface area contributed by atoms with E-state index in [1.165, 1.54) is 3.97 Å². The quantitative estimate of drug-likeness (QED) is 0.717. The summed E-state index contributed by atoms with van der Waals surface area (Å²) in [6.07, 6.45) is 1.58. The topological polar surface area (TPSA) is 39.1 Å². The molecule has 0 atom stereocenters. The summed E-state index contributed by atoms with van der Waals surface area (Å²) in [5.74, 6) is 0. The maximum absolute atomic E-state index is 12.6. The van der Waals surface area contributed by atoms with E-state index >= 15 is 0 Å². The normalized spacial score (nSPS) is 11.8. The molecular formula is C14H10BrNO2S. The molecule has 3 rings (SSSR count). The second kappa shape index (κ2) is 4.51. The summed E-state index contributed by atoms with van der Waals surface area (Å²) in [5.41, 5.74) is 0.659. The first-order valence-corrected chi connectivity index (χ1v) is 7.90. The van der Waals surface area contributed by atoms with E-state index in [0.29, 0.717) is 5.52 Å². The highest BCUT2D eigenvalue weighted by molar-refractivity contribution is 9.10. The van der Waals surface area contributed by atoms with Crippen LogP contribution < -0.4 is 0 Å². The van der Waals surface area contributed by atoms with Gasteiger partial charge in [0.25, 0.3) is 10.0 Å². The largest absolute Gasteiger partial charge is 0.268 e. The van der Waals surface area contributed by atoms with Gasteiger partial charge in [0, 0.05) is 16.1 Å². The highest BCUT2D eigenvalue weighted by atomic mass is 79.9. The Kier molecular flexibility index (Phi) is 2.95. The summed E-state index contributed by atoms with van der Waals surface area (Å²) in [6, 6.07) is 15.8. The van der Waals surface area contributed by atoms with Crippen molar-refractivity contribution in [1.29, 1.82) is 0 Å². The van der Waals surface area contributed by atoms with Crippen molar-refractivity contribution in [3.8, 4) is 0 Å². The first-order chi connectivity index (χ1) is 9.10. The molecule has 0 amide bonds. The Hall–Kier alpha value is -1.59. The zero-order valence-corrected chi connectivity index (χ0v) is 12.2. The van der Waals surface area contributed by atoms with Gasteiger partial charge in [-0.3, -0.25) is 0 Å². The molecule has 2 aromatic carbocycles. The zero-order valence-electron chi connectivity index (χ0n) is 9.82. The van der Waals surface area contributed by atoms with E-state index in [-0.39, 0.29) is 4.90 Å². The van der Waals surface area contributed by atoms with Crippen molar-refractivity contribution in [2.75, 3.05) is 0 Å². The van der Waals surface area contributed by atoms with Crippen LogP contribution in [0.3, 0.4) is 0 Å². The van der Waals surface area contributed by atoms with Crippen LogP contribution in [0.1, 0.15) is 0 Å². The number of benzene rings is 2. The third-order valence-corrected chi connectivity index (χ3v) is 5.26. The first kappa shape index (κ1) is 12.4. The first-order valence-electron chi connectivity index (χ1n) is 5.67. The molecule has 0 saturated heterocycles. The molecular weight excluding hydrogens is 326 g/mol. The minimum Gasteiger partial charge on any atom is -0.240 e. The fourth-order valence-electron chi connectivity index (χ4n) is 2.03. The molecule has 0 aliphatic carbocycles. The van der Waals surface area contributed by atoms with Gasteiger partial charge in [0.2, 0.25) is 0 Å². The SMILES string of the molecule is O=S(=O)(c1ccccc1)n1ccc2cccc(Br)c21. The van der Waals surface area contributed by atoms with Gasteiger partial charge in [-0.1, -0.05) is 30.3 Å². The van der Waals surface area contributed by atoms with Crippen LogP contribution in [0, 0.1) is 0 Å². The van der Waals surface area contributed by atoms with E-state index in [1.807, 2.05) is 18.2 Å². The highest BCUT2D eigenvalue weighted by Crippen LogP contribution is 2.28. The van der Waals surface area contributed by atoms with Crippen LogP contribution in [0.4, 0.5) is 0 Å². The van der Waals surface area contributed by atoms with E-state index < -0.39 is 10.0 Å². The van der Waals surface area contributed by atoms with Crippen molar-refractivity contribution in [2.45, 2.75) is 4.90 Å². The lowest BCUT2D eigenvalue weighted by atomic mass is 10.3. The molecule has 0 aliphatic heterocycles. The number of nitrogens with zero attached hydrogens (tertiary/aromatic N) is 1. The monoisotopic (exact) mass is 335 g/mol. The lowest BCUT2D eigenvalue weighted by molar-refractivity contribution is 0.589. The standard InChI is InChI=1S/C14H10BrNO2S/c15-13-8-4-5-11-9-10-16(14(11)13)19(17,18)12-6-2-1-3-7-12/h1-10H. The van der Waals surface area contributed by atoms with Crippen LogP contribution in [-0.4, -0.2) is 12.4 Å². The van der Waals surface area contributed by atoms with Gasteiger partial charge >= 0.3 is 0 Å². The number of aromatic nitrogens is 1. The second-order valence-corrected chi connectivity index (χ2v) is 6.78. The number of fused-ring (bicyclic) bond motifs is 1.